The summed E-state index contributed by atoms with van der Waals surface area (Å²) in [6, 6.07) is 5.60. The van der Waals surface area contributed by atoms with Crippen molar-refractivity contribution in [3.05, 3.63) is 60.3 Å². The lowest BCUT2D eigenvalue weighted by Gasteiger charge is -1.94. The van der Waals surface area contributed by atoms with Gasteiger partial charge in [-0.1, -0.05) is 11.8 Å². The van der Waals surface area contributed by atoms with E-state index in [0.717, 1.165) is 16.6 Å². The first kappa shape index (κ1) is 10.4. The molecule has 0 aromatic carbocycles. The van der Waals surface area contributed by atoms with Gasteiger partial charge in [-0.2, -0.15) is 0 Å². The summed E-state index contributed by atoms with van der Waals surface area (Å²) in [6.45, 7) is 0. The smallest absolute Gasteiger partial charge is 0.178 e. The molecule has 0 saturated carbocycles. The van der Waals surface area contributed by atoms with E-state index >= 15 is 0 Å². The Morgan fingerprint density at radius 2 is 1.56 bits per heavy atom. The molecule has 3 heterocycles. The van der Waals surface area contributed by atoms with Crippen LogP contribution in [-0.4, -0.2) is 19.9 Å². The summed E-state index contributed by atoms with van der Waals surface area (Å²) in [5, 5.41) is 0. The maximum Gasteiger partial charge on any atom is 0.178 e. The van der Waals surface area contributed by atoms with Gasteiger partial charge in [0.25, 0.3) is 0 Å². The lowest BCUT2D eigenvalue weighted by Crippen LogP contribution is -1.87. The Hall–Kier alpha value is -2.80. The molecule has 0 bridgehead atoms. The molecule has 84 valence electrons. The van der Waals surface area contributed by atoms with Crippen molar-refractivity contribution in [2.24, 2.45) is 0 Å². The summed E-state index contributed by atoms with van der Waals surface area (Å²) in [4.78, 5) is 16.5. The predicted molar refractivity (Wildman–Crippen MR) is 67.6 cm³/mol. The average Bonchev–Trinajstić information content (AvgIpc) is 2.46. The van der Waals surface area contributed by atoms with E-state index in [9.17, 15) is 0 Å². The molecule has 3 aromatic heterocycles. The second kappa shape index (κ2) is 4.60. The third-order valence-corrected chi connectivity index (χ3v) is 2.36. The highest BCUT2D eigenvalue weighted by molar-refractivity contribution is 5.70. The Balaban J connectivity index is 1.99. The van der Waals surface area contributed by atoms with Gasteiger partial charge in [0.05, 0.1) is 0 Å². The number of pyridine rings is 2. The average molecular weight is 232 g/mol. The lowest BCUT2D eigenvalue weighted by atomic mass is 10.2. The van der Waals surface area contributed by atoms with E-state index in [1.165, 1.54) is 0 Å². The van der Waals surface area contributed by atoms with Crippen LogP contribution in [0.4, 0.5) is 0 Å². The van der Waals surface area contributed by atoms with Crippen molar-refractivity contribution in [1.82, 2.24) is 19.9 Å². The number of nitrogens with zero attached hydrogens (tertiary/aromatic N) is 4. The highest BCUT2D eigenvalue weighted by Gasteiger charge is 1.96. The molecule has 0 aliphatic heterocycles. The first-order valence-electron chi connectivity index (χ1n) is 5.41. The molecule has 0 aliphatic rings. The van der Waals surface area contributed by atoms with Gasteiger partial charge in [-0.15, -0.1) is 0 Å². The third kappa shape index (κ3) is 2.15. The van der Waals surface area contributed by atoms with Gasteiger partial charge >= 0.3 is 0 Å². The zero-order chi connectivity index (χ0) is 12.2. The molecule has 0 amide bonds. The van der Waals surface area contributed by atoms with E-state index in [0.29, 0.717) is 5.65 Å². The van der Waals surface area contributed by atoms with Crippen molar-refractivity contribution in [3.63, 3.8) is 0 Å². The van der Waals surface area contributed by atoms with E-state index in [-0.39, 0.29) is 0 Å². The maximum absolute atomic E-state index is 4.20. The van der Waals surface area contributed by atoms with Crippen molar-refractivity contribution < 1.29 is 0 Å². The Morgan fingerprint density at radius 3 is 2.44 bits per heavy atom. The Morgan fingerprint density at radius 1 is 0.778 bits per heavy atom. The molecule has 0 atom stereocenters. The zero-order valence-corrected chi connectivity index (χ0v) is 9.41. The molecule has 18 heavy (non-hydrogen) atoms. The van der Waals surface area contributed by atoms with Crippen LogP contribution >= 0.6 is 0 Å². The highest BCUT2D eigenvalue weighted by Crippen LogP contribution is 2.06. The maximum atomic E-state index is 4.20. The summed E-state index contributed by atoms with van der Waals surface area (Å²) in [6.07, 6.45) is 8.40. The second-order valence-electron chi connectivity index (χ2n) is 3.61. The number of fused-ring (bicyclic) bond motifs is 1. The molecule has 0 N–H and O–H groups in total. The SMILES string of the molecule is C(#Cc1cnc2nccnc2c1)c1ccncc1. The normalized spacial score (nSPS) is 9.78. The van der Waals surface area contributed by atoms with Gasteiger partial charge < -0.3 is 0 Å². The fraction of sp³-hybridized carbons (Fsp3) is 0. The molecule has 0 aliphatic carbocycles. The number of hydrogen-bond acceptors (Lipinski definition) is 4. The van der Waals surface area contributed by atoms with E-state index < -0.39 is 0 Å². The quantitative estimate of drug-likeness (QED) is 0.555. The van der Waals surface area contributed by atoms with Gasteiger partial charge in [-0.05, 0) is 18.2 Å². The summed E-state index contributed by atoms with van der Waals surface area (Å²) in [5.74, 6) is 6.09. The fourth-order valence-electron chi connectivity index (χ4n) is 1.51. The van der Waals surface area contributed by atoms with Crippen LogP contribution in [-0.2, 0) is 0 Å². The molecule has 0 spiro atoms. The lowest BCUT2D eigenvalue weighted by molar-refractivity contribution is 1.22. The van der Waals surface area contributed by atoms with Crippen LogP contribution in [0.5, 0.6) is 0 Å². The topological polar surface area (TPSA) is 51.6 Å². The predicted octanol–water partition coefficient (Wildman–Crippen LogP) is 1.82. The van der Waals surface area contributed by atoms with Gasteiger partial charge in [0.2, 0.25) is 0 Å². The van der Waals surface area contributed by atoms with Crippen molar-refractivity contribution in [2.45, 2.75) is 0 Å². The molecule has 0 radical (unpaired) electrons. The van der Waals surface area contributed by atoms with Gasteiger partial charge in [0.15, 0.2) is 5.65 Å². The third-order valence-electron chi connectivity index (χ3n) is 2.36. The first-order chi connectivity index (χ1) is 8.92. The van der Waals surface area contributed by atoms with Crippen molar-refractivity contribution in [2.75, 3.05) is 0 Å². The Kier molecular flexibility index (Phi) is 2.65. The van der Waals surface area contributed by atoms with Crippen LogP contribution in [0.25, 0.3) is 11.2 Å². The number of rotatable bonds is 0. The molecular weight excluding hydrogens is 224 g/mol. The highest BCUT2D eigenvalue weighted by atomic mass is 14.9. The zero-order valence-electron chi connectivity index (χ0n) is 9.41. The molecule has 0 saturated heterocycles. The monoisotopic (exact) mass is 232 g/mol. The number of aromatic nitrogens is 4. The van der Waals surface area contributed by atoms with Crippen LogP contribution in [0.1, 0.15) is 11.1 Å². The van der Waals surface area contributed by atoms with E-state index in [4.69, 9.17) is 0 Å². The van der Waals surface area contributed by atoms with Crippen LogP contribution < -0.4 is 0 Å². The van der Waals surface area contributed by atoms with Crippen molar-refractivity contribution >= 4 is 11.2 Å². The van der Waals surface area contributed by atoms with Gasteiger partial charge in [0.1, 0.15) is 5.52 Å². The second-order valence-corrected chi connectivity index (χ2v) is 3.61. The molecule has 0 fully saturated rings. The van der Waals surface area contributed by atoms with Gasteiger partial charge in [-0.3, -0.25) is 9.97 Å². The van der Waals surface area contributed by atoms with Crippen LogP contribution in [0, 0.1) is 11.8 Å². The van der Waals surface area contributed by atoms with Crippen molar-refractivity contribution in [1.29, 1.82) is 0 Å². The minimum atomic E-state index is 0.631. The molecule has 3 rings (SSSR count). The first-order valence-corrected chi connectivity index (χ1v) is 5.41. The van der Waals surface area contributed by atoms with Crippen molar-refractivity contribution in [3.8, 4) is 11.8 Å². The Labute approximate surface area is 104 Å². The minimum absolute atomic E-state index is 0.631. The van der Waals surface area contributed by atoms with Gasteiger partial charge in [-0.25, -0.2) is 9.97 Å². The largest absolute Gasteiger partial charge is 0.265 e. The molecule has 3 aromatic rings. The van der Waals surface area contributed by atoms with Gasteiger partial charge in [0, 0.05) is 42.1 Å². The standard InChI is InChI=1S/C14H8N4/c1(11-3-5-15-6-4-11)2-12-9-13-14(18-10-12)17-8-7-16-13/h3-10H. The van der Waals surface area contributed by atoms with Crippen LogP contribution in [0.2, 0.25) is 0 Å². The van der Waals surface area contributed by atoms with Crippen LogP contribution in [0.3, 0.4) is 0 Å². The molecule has 4 heteroatoms. The van der Waals surface area contributed by atoms with E-state index in [2.05, 4.69) is 31.8 Å². The summed E-state index contributed by atoms with van der Waals surface area (Å²) < 4.78 is 0. The fourth-order valence-corrected chi connectivity index (χ4v) is 1.51. The minimum Gasteiger partial charge on any atom is -0.265 e. The van der Waals surface area contributed by atoms with Crippen LogP contribution in [0.15, 0.2) is 49.2 Å². The molecular formula is C14H8N4. The van der Waals surface area contributed by atoms with E-state index in [1.807, 2.05) is 18.2 Å². The number of hydrogen-bond donors (Lipinski definition) is 0. The summed E-state index contributed by atoms with van der Waals surface area (Å²) in [5.41, 5.74) is 3.12. The van der Waals surface area contributed by atoms with E-state index in [1.54, 1.807) is 31.0 Å². The summed E-state index contributed by atoms with van der Waals surface area (Å²) >= 11 is 0. The Bertz CT molecular complexity index is 742. The molecule has 0 unspecified atom stereocenters. The summed E-state index contributed by atoms with van der Waals surface area (Å²) in [7, 11) is 0. The molecule has 4 nitrogen and oxygen atoms in total.